The number of carbonyl (C=O) groups excluding carboxylic acids is 1. The topological polar surface area (TPSA) is 74.5 Å². The first-order valence-corrected chi connectivity index (χ1v) is 9.05. The standard InChI is InChI=1S/C19H18N2O4S/c1-3-24-16-7-5-4-6-15(16)17-20-21-19(25-17)26-12-13-8-10-14(11-9-13)18(22)23-2/h4-11H,3,12H2,1-2H3. The fourth-order valence-corrected chi connectivity index (χ4v) is 3.02. The Bertz CT molecular complexity index is 877. The van der Waals surface area contributed by atoms with Crippen molar-refractivity contribution in [1.29, 1.82) is 0 Å². The summed E-state index contributed by atoms with van der Waals surface area (Å²) in [5.41, 5.74) is 2.34. The number of hydrogen-bond acceptors (Lipinski definition) is 7. The Hall–Kier alpha value is -2.80. The van der Waals surface area contributed by atoms with Gasteiger partial charge in [0.25, 0.3) is 11.1 Å². The van der Waals surface area contributed by atoms with Crippen molar-refractivity contribution in [3.8, 4) is 17.2 Å². The molecule has 7 heteroatoms. The van der Waals surface area contributed by atoms with Crippen LogP contribution in [0.25, 0.3) is 11.5 Å². The molecule has 0 saturated carbocycles. The Morgan fingerprint density at radius 3 is 2.62 bits per heavy atom. The maximum absolute atomic E-state index is 11.4. The van der Waals surface area contributed by atoms with Crippen LogP contribution >= 0.6 is 11.8 Å². The first-order chi connectivity index (χ1) is 12.7. The molecule has 0 radical (unpaired) electrons. The second-order valence-electron chi connectivity index (χ2n) is 5.28. The van der Waals surface area contributed by atoms with Crippen molar-refractivity contribution in [2.24, 2.45) is 0 Å². The number of methoxy groups -OCH3 is 1. The summed E-state index contributed by atoms with van der Waals surface area (Å²) in [5, 5.41) is 8.67. The van der Waals surface area contributed by atoms with Gasteiger partial charge < -0.3 is 13.9 Å². The molecule has 6 nitrogen and oxygen atoms in total. The molecular formula is C19H18N2O4S. The average Bonchev–Trinajstić information content (AvgIpc) is 3.16. The Morgan fingerprint density at radius 2 is 1.88 bits per heavy atom. The summed E-state index contributed by atoms with van der Waals surface area (Å²) >= 11 is 1.43. The van der Waals surface area contributed by atoms with Crippen molar-refractivity contribution in [3.05, 3.63) is 59.7 Å². The van der Waals surface area contributed by atoms with Crippen molar-refractivity contribution in [3.63, 3.8) is 0 Å². The van der Waals surface area contributed by atoms with Gasteiger partial charge in [0.2, 0.25) is 0 Å². The van der Waals surface area contributed by atoms with Crippen LogP contribution in [0.15, 0.2) is 58.2 Å². The Labute approximate surface area is 155 Å². The number of benzene rings is 2. The molecule has 0 unspecified atom stereocenters. The van der Waals surface area contributed by atoms with Gasteiger partial charge in [-0.25, -0.2) is 4.79 Å². The van der Waals surface area contributed by atoms with Crippen LogP contribution < -0.4 is 4.74 Å². The van der Waals surface area contributed by atoms with Crippen molar-refractivity contribution >= 4 is 17.7 Å². The van der Waals surface area contributed by atoms with Crippen molar-refractivity contribution in [2.75, 3.05) is 13.7 Å². The van der Waals surface area contributed by atoms with Crippen LogP contribution in [0.5, 0.6) is 5.75 Å². The van der Waals surface area contributed by atoms with Crippen molar-refractivity contribution < 1.29 is 18.7 Å². The molecule has 26 heavy (non-hydrogen) atoms. The highest BCUT2D eigenvalue weighted by Crippen LogP contribution is 2.31. The molecule has 0 spiro atoms. The van der Waals surface area contributed by atoms with Gasteiger partial charge in [-0.1, -0.05) is 36.0 Å². The zero-order chi connectivity index (χ0) is 18.4. The van der Waals surface area contributed by atoms with Gasteiger partial charge in [0.15, 0.2) is 0 Å². The molecule has 0 fully saturated rings. The molecule has 3 aromatic rings. The molecule has 0 saturated heterocycles. The van der Waals surface area contributed by atoms with E-state index in [2.05, 4.69) is 14.9 Å². The molecule has 0 aliphatic heterocycles. The first-order valence-electron chi connectivity index (χ1n) is 8.07. The largest absolute Gasteiger partial charge is 0.493 e. The zero-order valence-electron chi connectivity index (χ0n) is 14.5. The number of esters is 1. The minimum absolute atomic E-state index is 0.348. The molecule has 0 N–H and O–H groups in total. The summed E-state index contributed by atoms with van der Waals surface area (Å²) < 4.78 is 16.0. The van der Waals surface area contributed by atoms with E-state index in [1.165, 1.54) is 18.9 Å². The monoisotopic (exact) mass is 370 g/mol. The Morgan fingerprint density at radius 1 is 1.12 bits per heavy atom. The lowest BCUT2D eigenvalue weighted by Crippen LogP contribution is -2.00. The van der Waals surface area contributed by atoms with E-state index in [9.17, 15) is 4.79 Å². The smallest absolute Gasteiger partial charge is 0.337 e. The fraction of sp³-hybridized carbons (Fsp3) is 0.211. The number of ether oxygens (including phenoxy) is 2. The van der Waals surface area contributed by atoms with E-state index in [-0.39, 0.29) is 5.97 Å². The molecule has 0 aliphatic rings. The number of hydrogen-bond donors (Lipinski definition) is 0. The summed E-state index contributed by atoms with van der Waals surface area (Å²) in [6, 6.07) is 14.8. The SMILES string of the molecule is CCOc1ccccc1-c1nnc(SCc2ccc(C(=O)OC)cc2)o1. The predicted molar refractivity (Wildman–Crippen MR) is 98.2 cm³/mol. The first kappa shape index (κ1) is 18.0. The lowest BCUT2D eigenvalue weighted by molar-refractivity contribution is 0.0600. The second-order valence-corrected chi connectivity index (χ2v) is 6.21. The van der Waals surface area contributed by atoms with Gasteiger partial charge in [0.05, 0.1) is 24.8 Å². The van der Waals surface area contributed by atoms with Gasteiger partial charge in [0.1, 0.15) is 5.75 Å². The van der Waals surface area contributed by atoms with Crippen LogP contribution in [0.3, 0.4) is 0 Å². The van der Waals surface area contributed by atoms with Crippen LogP contribution in [0.1, 0.15) is 22.8 Å². The molecule has 1 aromatic heterocycles. The Kier molecular flexibility index (Phi) is 5.91. The van der Waals surface area contributed by atoms with Gasteiger partial charge in [-0.2, -0.15) is 0 Å². The lowest BCUT2D eigenvalue weighted by Gasteiger charge is -2.06. The lowest BCUT2D eigenvalue weighted by atomic mass is 10.1. The van der Waals surface area contributed by atoms with Gasteiger partial charge >= 0.3 is 5.97 Å². The second kappa shape index (κ2) is 8.53. The van der Waals surface area contributed by atoms with E-state index in [1.54, 1.807) is 12.1 Å². The molecule has 0 amide bonds. The van der Waals surface area contributed by atoms with E-state index >= 15 is 0 Å². The summed E-state index contributed by atoms with van der Waals surface area (Å²) in [4.78, 5) is 11.4. The summed E-state index contributed by atoms with van der Waals surface area (Å²) in [5.74, 6) is 1.45. The van der Waals surface area contributed by atoms with Gasteiger partial charge in [-0.3, -0.25) is 0 Å². The van der Waals surface area contributed by atoms with E-state index in [4.69, 9.17) is 9.15 Å². The molecule has 134 valence electrons. The molecule has 1 heterocycles. The number of para-hydroxylation sites is 1. The van der Waals surface area contributed by atoms with E-state index in [0.29, 0.717) is 34.8 Å². The maximum atomic E-state index is 11.4. The van der Waals surface area contributed by atoms with Crippen LogP contribution in [0.2, 0.25) is 0 Å². The minimum Gasteiger partial charge on any atom is -0.493 e. The molecule has 0 aliphatic carbocycles. The van der Waals surface area contributed by atoms with Gasteiger partial charge in [0, 0.05) is 5.75 Å². The number of rotatable bonds is 7. The fourth-order valence-electron chi connectivity index (χ4n) is 2.30. The number of aromatic nitrogens is 2. The van der Waals surface area contributed by atoms with E-state index in [0.717, 1.165) is 11.1 Å². The third-order valence-electron chi connectivity index (χ3n) is 3.56. The van der Waals surface area contributed by atoms with E-state index in [1.807, 2.05) is 43.3 Å². The maximum Gasteiger partial charge on any atom is 0.337 e. The van der Waals surface area contributed by atoms with Gasteiger partial charge in [-0.05, 0) is 36.8 Å². The number of thioether (sulfide) groups is 1. The zero-order valence-corrected chi connectivity index (χ0v) is 15.3. The average molecular weight is 370 g/mol. The van der Waals surface area contributed by atoms with Crippen LogP contribution in [-0.4, -0.2) is 29.9 Å². The van der Waals surface area contributed by atoms with E-state index < -0.39 is 0 Å². The highest BCUT2D eigenvalue weighted by molar-refractivity contribution is 7.98. The molecule has 0 atom stereocenters. The normalized spacial score (nSPS) is 10.5. The quantitative estimate of drug-likeness (QED) is 0.455. The van der Waals surface area contributed by atoms with Crippen molar-refractivity contribution in [2.45, 2.75) is 17.9 Å². The van der Waals surface area contributed by atoms with Crippen LogP contribution in [0, 0.1) is 0 Å². The van der Waals surface area contributed by atoms with Gasteiger partial charge in [-0.15, -0.1) is 10.2 Å². The Balaban J connectivity index is 1.67. The third-order valence-corrected chi connectivity index (χ3v) is 4.45. The molecule has 3 rings (SSSR count). The molecule has 2 aromatic carbocycles. The van der Waals surface area contributed by atoms with Crippen LogP contribution in [0.4, 0.5) is 0 Å². The highest BCUT2D eigenvalue weighted by Gasteiger charge is 2.14. The molecular weight excluding hydrogens is 352 g/mol. The summed E-state index contributed by atoms with van der Waals surface area (Å²) in [7, 11) is 1.36. The van der Waals surface area contributed by atoms with Crippen molar-refractivity contribution in [1.82, 2.24) is 10.2 Å². The number of nitrogens with zero attached hydrogens (tertiary/aromatic N) is 2. The minimum atomic E-state index is -0.348. The molecule has 0 bridgehead atoms. The number of carbonyl (C=O) groups is 1. The third kappa shape index (κ3) is 4.23. The predicted octanol–water partition coefficient (Wildman–Crippen LogP) is 4.21. The highest BCUT2D eigenvalue weighted by atomic mass is 32.2. The van der Waals surface area contributed by atoms with Crippen LogP contribution in [-0.2, 0) is 10.5 Å². The summed E-state index contributed by atoms with van der Waals surface area (Å²) in [6.07, 6.45) is 0. The summed E-state index contributed by atoms with van der Waals surface area (Å²) in [6.45, 7) is 2.49.